The van der Waals surface area contributed by atoms with Crippen molar-refractivity contribution >= 4 is 0 Å². The molecule has 2 saturated carbocycles. The monoisotopic (exact) mass is 197 g/mol. The molecule has 0 unspecified atom stereocenters. The van der Waals surface area contributed by atoms with E-state index in [1.807, 2.05) is 0 Å². The summed E-state index contributed by atoms with van der Waals surface area (Å²) in [6.07, 6.45) is 7.10. The van der Waals surface area contributed by atoms with Crippen molar-refractivity contribution in [2.45, 2.75) is 45.1 Å². The summed E-state index contributed by atoms with van der Waals surface area (Å²) < 4.78 is 5.32. The van der Waals surface area contributed by atoms with Crippen molar-refractivity contribution in [2.75, 3.05) is 19.8 Å². The standard InChI is InChI=1S/C12H23NO/c1-2-14-7-3-6-13-12-9-10-4-5-11(12)8-10/h10-13H,2-9H2,1H3/t10-,11-,12+/m0/s1. The SMILES string of the molecule is CCOCCCN[C@@H]1C[C@H]2CC[C@H]1C2. The molecule has 82 valence electrons. The highest BCUT2D eigenvalue weighted by Crippen LogP contribution is 2.44. The van der Waals surface area contributed by atoms with E-state index in [4.69, 9.17) is 4.74 Å². The summed E-state index contributed by atoms with van der Waals surface area (Å²) in [7, 11) is 0. The summed E-state index contributed by atoms with van der Waals surface area (Å²) in [5, 5.41) is 3.69. The molecule has 0 saturated heterocycles. The van der Waals surface area contributed by atoms with Crippen LogP contribution in [-0.2, 0) is 4.74 Å². The number of ether oxygens (including phenoxy) is 1. The van der Waals surface area contributed by atoms with Crippen LogP contribution < -0.4 is 5.32 Å². The zero-order chi connectivity index (χ0) is 9.80. The highest BCUT2D eigenvalue weighted by atomic mass is 16.5. The Balaban J connectivity index is 1.54. The number of fused-ring (bicyclic) bond motifs is 2. The van der Waals surface area contributed by atoms with E-state index in [2.05, 4.69) is 12.2 Å². The van der Waals surface area contributed by atoms with Gasteiger partial charge in [0.2, 0.25) is 0 Å². The first-order chi connectivity index (χ1) is 6.90. The minimum atomic E-state index is 0.843. The van der Waals surface area contributed by atoms with Gasteiger partial charge in [0.05, 0.1) is 0 Å². The van der Waals surface area contributed by atoms with Gasteiger partial charge in [-0.1, -0.05) is 6.42 Å². The van der Waals surface area contributed by atoms with Gasteiger partial charge in [0, 0.05) is 19.3 Å². The van der Waals surface area contributed by atoms with Crippen molar-refractivity contribution in [3.8, 4) is 0 Å². The first-order valence-electron chi connectivity index (χ1n) is 6.21. The summed E-state index contributed by atoms with van der Waals surface area (Å²) >= 11 is 0. The molecule has 1 N–H and O–H groups in total. The van der Waals surface area contributed by atoms with Crippen LogP contribution in [0.25, 0.3) is 0 Å². The highest BCUT2D eigenvalue weighted by Gasteiger charge is 2.38. The van der Waals surface area contributed by atoms with Crippen LogP contribution in [0.1, 0.15) is 39.0 Å². The number of hydrogen-bond acceptors (Lipinski definition) is 2. The van der Waals surface area contributed by atoms with Crippen LogP contribution in [0.4, 0.5) is 0 Å². The minimum Gasteiger partial charge on any atom is -0.382 e. The predicted molar refractivity (Wildman–Crippen MR) is 58.3 cm³/mol. The molecule has 0 amide bonds. The van der Waals surface area contributed by atoms with Gasteiger partial charge in [-0.15, -0.1) is 0 Å². The minimum absolute atomic E-state index is 0.843. The van der Waals surface area contributed by atoms with Crippen LogP contribution in [-0.4, -0.2) is 25.8 Å². The molecule has 2 fully saturated rings. The van der Waals surface area contributed by atoms with Gasteiger partial charge in [-0.3, -0.25) is 0 Å². The first kappa shape index (κ1) is 10.4. The molecule has 14 heavy (non-hydrogen) atoms. The fourth-order valence-corrected chi connectivity index (χ4v) is 3.10. The average molecular weight is 197 g/mol. The molecule has 0 aliphatic heterocycles. The summed E-state index contributed by atoms with van der Waals surface area (Å²) in [6, 6.07) is 0.843. The smallest absolute Gasteiger partial charge is 0.0477 e. The molecule has 2 heteroatoms. The Hall–Kier alpha value is -0.0800. The summed E-state index contributed by atoms with van der Waals surface area (Å²) in [5.74, 6) is 2.07. The third-order valence-corrected chi connectivity index (χ3v) is 3.81. The molecule has 0 aromatic rings. The van der Waals surface area contributed by atoms with Crippen LogP contribution in [0.5, 0.6) is 0 Å². The molecule has 2 nitrogen and oxygen atoms in total. The summed E-state index contributed by atoms with van der Waals surface area (Å²) in [4.78, 5) is 0. The molecule has 2 rings (SSSR count). The Morgan fingerprint density at radius 3 is 2.86 bits per heavy atom. The molecule has 3 atom stereocenters. The van der Waals surface area contributed by atoms with E-state index in [0.717, 1.165) is 37.6 Å². The molecule has 0 heterocycles. The number of rotatable bonds is 6. The Morgan fingerprint density at radius 1 is 1.29 bits per heavy atom. The van der Waals surface area contributed by atoms with Gasteiger partial charge >= 0.3 is 0 Å². The van der Waals surface area contributed by atoms with E-state index < -0.39 is 0 Å². The van der Waals surface area contributed by atoms with Crippen molar-refractivity contribution in [3.63, 3.8) is 0 Å². The third-order valence-electron chi connectivity index (χ3n) is 3.81. The average Bonchev–Trinajstić information content (AvgIpc) is 2.79. The zero-order valence-electron chi connectivity index (χ0n) is 9.30. The fraction of sp³-hybridized carbons (Fsp3) is 1.00. The van der Waals surface area contributed by atoms with Crippen LogP contribution in [0.15, 0.2) is 0 Å². The zero-order valence-corrected chi connectivity index (χ0v) is 9.30. The molecule has 0 aromatic heterocycles. The van der Waals surface area contributed by atoms with Gasteiger partial charge < -0.3 is 10.1 Å². The van der Waals surface area contributed by atoms with Gasteiger partial charge in [-0.2, -0.15) is 0 Å². The molecule has 0 radical (unpaired) electrons. The van der Waals surface area contributed by atoms with Crippen molar-refractivity contribution < 1.29 is 4.74 Å². The van der Waals surface area contributed by atoms with Gasteiger partial charge in [0.25, 0.3) is 0 Å². The maximum Gasteiger partial charge on any atom is 0.0477 e. The normalized spacial score (nSPS) is 35.4. The largest absolute Gasteiger partial charge is 0.382 e. The van der Waals surface area contributed by atoms with Crippen LogP contribution in [0.2, 0.25) is 0 Å². The first-order valence-corrected chi connectivity index (χ1v) is 6.21. The maximum atomic E-state index is 5.32. The highest BCUT2D eigenvalue weighted by molar-refractivity contribution is 4.93. The van der Waals surface area contributed by atoms with E-state index in [1.54, 1.807) is 0 Å². The van der Waals surface area contributed by atoms with Crippen molar-refractivity contribution in [1.29, 1.82) is 0 Å². The third kappa shape index (κ3) is 2.48. The van der Waals surface area contributed by atoms with Crippen molar-refractivity contribution in [3.05, 3.63) is 0 Å². The number of nitrogens with one attached hydrogen (secondary N) is 1. The molecular weight excluding hydrogens is 174 g/mol. The summed E-state index contributed by atoms with van der Waals surface area (Å²) in [6.45, 7) is 4.98. The maximum absolute atomic E-state index is 5.32. The van der Waals surface area contributed by atoms with Crippen LogP contribution >= 0.6 is 0 Å². The second-order valence-electron chi connectivity index (χ2n) is 4.79. The van der Waals surface area contributed by atoms with E-state index >= 15 is 0 Å². The molecular formula is C12H23NO. The van der Waals surface area contributed by atoms with Crippen molar-refractivity contribution in [2.24, 2.45) is 11.8 Å². The predicted octanol–water partition coefficient (Wildman–Crippen LogP) is 2.19. The molecule has 0 aromatic carbocycles. The second-order valence-corrected chi connectivity index (χ2v) is 4.79. The fourth-order valence-electron chi connectivity index (χ4n) is 3.10. The second kappa shape index (κ2) is 5.13. The lowest BCUT2D eigenvalue weighted by Crippen LogP contribution is -2.34. The van der Waals surface area contributed by atoms with E-state index in [0.29, 0.717) is 0 Å². The van der Waals surface area contributed by atoms with Crippen molar-refractivity contribution in [1.82, 2.24) is 5.32 Å². The molecule has 2 aliphatic carbocycles. The Kier molecular flexibility index (Phi) is 3.82. The quantitative estimate of drug-likeness (QED) is 0.659. The lowest BCUT2D eigenvalue weighted by Gasteiger charge is -2.22. The molecule has 2 bridgehead atoms. The lowest BCUT2D eigenvalue weighted by molar-refractivity contribution is 0.143. The van der Waals surface area contributed by atoms with Gasteiger partial charge in [-0.25, -0.2) is 0 Å². The number of hydrogen-bond donors (Lipinski definition) is 1. The van der Waals surface area contributed by atoms with Gasteiger partial charge in [0.1, 0.15) is 0 Å². The molecule has 0 spiro atoms. The lowest BCUT2D eigenvalue weighted by atomic mass is 9.95. The Morgan fingerprint density at radius 2 is 2.21 bits per heavy atom. The summed E-state index contributed by atoms with van der Waals surface area (Å²) in [5.41, 5.74) is 0. The van der Waals surface area contributed by atoms with Gasteiger partial charge in [-0.05, 0) is 51.0 Å². The van der Waals surface area contributed by atoms with Gasteiger partial charge in [0.15, 0.2) is 0 Å². The van der Waals surface area contributed by atoms with E-state index in [1.165, 1.54) is 32.1 Å². The van der Waals surface area contributed by atoms with Crippen LogP contribution in [0.3, 0.4) is 0 Å². The Labute approximate surface area is 87.4 Å². The topological polar surface area (TPSA) is 21.3 Å². The van der Waals surface area contributed by atoms with E-state index in [-0.39, 0.29) is 0 Å². The molecule has 2 aliphatic rings. The van der Waals surface area contributed by atoms with E-state index in [9.17, 15) is 0 Å². The van der Waals surface area contributed by atoms with Crippen LogP contribution in [0, 0.1) is 11.8 Å². The Bertz CT molecular complexity index is 172.